The van der Waals surface area contributed by atoms with Crippen molar-refractivity contribution in [2.75, 3.05) is 12.3 Å². The fourth-order valence-electron chi connectivity index (χ4n) is 1.76. The van der Waals surface area contributed by atoms with Gasteiger partial charge >= 0.3 is 5.97 Å². The van der Waals surface area contributed by atoms with Gasteiger partial charge in [-0.3, -0.25) is 9.59 Å². The van der Waals surface area contributed by atoms with Crippen molar-refractivity contribution in [1.82, 2.24) is 5.32 Å². The molecule has 0 radical (unpaired) electrons. The van der Waals surface area contributed by atoms with Crippen LogP contribution in [0.5, 0.6) is 0 Å². The topological polar surface area (TPSA) is 66.4 Å². The molecule has 0 saturated carbocycles. The second kappa shape index (κ2) is 9.23. The van der Waals surface area contributed by atoms with E-state index < -0.39 is 11.4 Å². The van der Waals surface area contributed by atoms with Gasteiger partial charge < -0.3 is 10.4 Å². The standard InChI is InChI=1S/C14H27NO3S/c1-5-8-9-19-11(4)12(16)15-10-14(6-2,7-3)13(17)18/h11H,5-10H2,1-4H3,(H,15,16)(H,17,18). The highest BCUT2D eigenvalue weighted by Gasteiger charge is 2.35. The van der Waals surface area contributed by atoms with Crippen LogP contribution in [0.15, 0.2) is 0 Å². The fraction of sp³-hybridized carbons (Fsp3) is 0.857. The Hall–Kier alpha value is -0.710. The molecule has 5 heteroatoms. The van der Waals surface area contributed by atoms with Crippen LogP contribution in [0.3, 0.4) is 0 Å². The van der Waals surface area contributed by atoms with Crippen LogP contribution in [0.25, 0.3) is 0 Å². The molecule has 0 saturated heterocycles. The highest BCUT2D eigenvalue weighted by molar-refractivity contribution is 8.00. The normalized spacial score (nSPS) is 13.1. The molecule has 0 aliphatic rings. The number of amides is 1. The van der Waals surface area contributed by atoms with Crippen molar-refractivity contribution in [3.63, 3.8) is 0 Å². The number of carbonyl (C=O) groups excluding carboxylic acids is 1. The van der Waals surface area contributed by atoms with Gasteiger partial charge in [0.15, 0.2) is 0 Å². The Labute approximate surface area is 120 Å². The maximum atomic E-state index is 11.9. The van der Waals surface area contributed by atoms with Crippen molar-refractivity contribution in [3.8, 4) is 0 Å². The Morgan fingerprint density at radius 1 is 1.26 bits per heavy atom. The smallest absolute Gasteiger partial charge is 0.311 e. The molecule has 2 N–H and O–H groups in total. The molecule has 0 aliphatic heterocycles. The van der Waals surface area contributed by atoms with Crippen LogP contribution in [-0.2, 0) is 9.59 Å². The lowest BCUT2D eigenvalue weighted by atomic mass is 9.82. The highest BCUT2D eigenvalue weighted by Crippen LogP contribution is 2.26. The summed E-state index contributed by atoms with van der Waals surface area (Å²) < 4.78 is 0. The van der Waals surface area contributed by atoms with E-state index in [4.69, 9.17) is 0 Å². The molecule has 0 aromatic carbocycles. The Morgan fingerprint density at radius 2 is 1.84 bits per heavy atom. The summed E-state index contributed by atoms with van der Waals surface area (Å²) in [7, 11) is 0. The first-order chi connectivity index (χ1) is 8.93. The van der Waals surface area contributed by atoms with Gasteiger partial charge in [0.2, 0.25) is 5.91 Å². The predicted molar refractivity (Wildman–Crippen MR) is 80.5 cm³/mol. The van der Waals surface area contributed by atoms with Gasteiger partial charge in [-0.1, -0.05) is 27.2 Å². The molecule has 0 fully saturated rings. The van der Waals surface area contributed by atoms with E-state index in [-0.39, 0.29) is 17.7 Å². The molecule has 0 spiro atoms. The highest BCUT2D eigenvalue weighted by atomic mass is 32.2. The largest absolute Gasteiger partial charge is 0.481 e. The van der Waals surface area contributed by atoms with Gasteiger partial charge in [-0.25, -0.2) is 0 Å². The third-order valence-corrected chi connectivity index (χ3v) is 4.88. The lowest BCUT2D eigenvalue weighted by molar-refractivity contribution is -0.149. The molecule has 0 aromatic heterocycles. The third-order valence-electron chi connectivity index (χ3n) is 3.64. The molecule has 0 aromatic rings. The summed E-state index contributed by atoms with van der Waals surface area (Å²) in [5, 5.41) is 12.0. The van der Waals surface area contributed by atoms with Crippen molar-refractivity contribution < 1.29 is 14.7 Å². The number of aliphatic carboxylic acids is 1. The van der Waals surface area contributed by atoms with E-state index in [1.807, 2.05) is 20.8 Å². The van der Waals surface area contributed by atoms with E-state index in [2.05, 4.69) is 12.2 Å². The number of carboxylic acids is 1. The lowest BCUT2D eigenvalue weighted by Gasteiger charge is -2.27. The zero-order chi connectivity index (χ0) is 14.9. The van der Waals surface area contributed by atoms with E-state index in [1.54, 1.807) is 11.8 Å². The van der Waals surface area contributed by atoms with Crippen LogP contribution in [-0.4, -0.2) is 34.5 Å². The second-order valence-electron chi connectivity index (χ2n) is 4.88. The molecular weight excluding hydrogens is 262 g/mol. The summed E-state index contributed by atoms with van der Waals surface area (Å²) in [5.74, 6) is 0.0780. The molecule has 0 heterocycles. The average molecular weight is 289 g/mol. The molecule has 1 amide bonds. The molecule has 4 nitrogen and oxygen atoms in total. The summed E-state index contributed by atoms with van der Waals surface area (Å²) >= 11 is 1.62. The summed E-state index contributed by atoms with van der Waals surface area (Å²) in [6.45, 7) is 7.91. The Balaban J connectivity index is 4.29. The molecule has 1 atom stereocenters. The number of nitrogens with one attached hydrogen (secondary N) is 1. The minimum Gasteiger partial charge on any atom is -0.481 e. The number of carbonyl (C=O) groups is 2. The lowest BCUT2D eigenvalue weighted by Crippen LogP contribution is -2.44. The molecule has 1 unspecified atom stereocenters. The van der Waals surface area contributed by atoms with Crippen LogP contribution in [0.4, 0.5) is 0 Å². The van der Waals surface area contributed by atoms with Crippen LogP contribution >= 0.6 is 11.8 Å². The first-order valence-electron chi connectivity index (χ1n) is 7.06. The summed E-state index contributed by atoms with van der Waals surface area (Å²) in [4.78, 5) is 23.2. The molecule has 0 bridgehead atoms. The maximum absolute atomic E-state index is 11.9. The first kappa shape index (κ1) is 18.3. The number of thioether (sulfide) groups is 1. The van der Waals surface area contributed by atoms with Crippen LogP contribution in [0.2, 0.25) is 0 Å². The maximum Gasteiger partial charge on any atom is 0.311 e. The van der Waals surface area contributed by atoms with E-state index in [9.17, 15) is 14.7 Å². The van der Waals surface area contributed by atoms with E-state index in [0.29, 0.717) is 12.8 Å². The predicted octanol–water partition coefficient (Wildman–Crippen LogP) is 2.92. The van der Waals surface area contributed by atoms with Gasteiger partial charge in [0.25, 0.3) is 0 Å². The first-order valence-corrected chi connectivity index (χ1v) is 8.11. The van der Waals surface area contributed by atoms with E-state index >= 15 is 0 Å². The Morgan fingerprint density at radius 3 is 2.26 bits per heavy atom. The van der Waals surface area contributed by atoms with Crippen molar-refractivity contribution in [2.24, 2.45) is 5.41 Å². The minimum absolute atomic E-state index is 0.0615. The molecule has 0 rings (SSSR count). The van der Waals surface area contributed by atoms with E-state index in [0.717, 1.165) is 18.6 Å². The van der Waals surface area contributed by atoms with Crippen molar-refractivity contribution in [2.45, 2.75) is 58.6 Å². The van der Waals surface area contributed by atoms with Crippen LogP contribution in [0.1, 0.15) is 53.4 Å². The number of rotatable bonds is 10. The fourth-order valence-corrected chi connectivity index (χ4v) is 2.80. The quantitative estimate of drug-likeness (QED) is 0.607. The minimum atomic E-state index is -0.830. The van der Waals surface area contributed by atoms with E-state index in [1.165, 1.54) is 0 Å². The molecule has 112 valence electrons. The van der Waals surface area contributed by atoms with Crippen molar-refractivity contribution in [3.05, 3.63) is 0 Å². The Kier molecular flexibility index (Phi) is 8.89. The molecular formula is C14H27NO3S. The number of unbranched alkanes of at least 4 members (excludes halogenated alkanes) is 1. The van der Waals surface area contributed by atoms with Crippen molar-refractivity contribution >= 4 is 23.6 Å². The average Bonchev–Trinajstić information content (AvgIpc) is 2.40. The van der Waals surface area contributed by atoms with Crippen LogP contribution < -0.4 is 5.32 Å². The second-order valence-corrected chi connectivity index (χ2v) is 6.33. The van der Waals surface area contributed by atoms with Gasteiger partial charge in [0.1, 0.15) is 0 Å². The summed E-state index contributed by atoms with van der Waals surface area (Å²) in [6, 6.07) is 0. The Bertz CT molecular complexity index is 290. The molecule has 0 aliphatic carbocycles. The van der Waals surface area contributed by atoms with Gasteiger partial charge in [-0.15, -0.1) is 11.8 Å². The number of hydrogen-bond donors (Lipinski definition) is 2. The van der Waals surface area contributed by atoms with Gasteiger partial charge in [-0.2, -0.15) is 0 Å². The molecule has 19 heavy (non-hydrogen) atoms. The van der Waals surface area contributed by atoms with Gasteiger partial charge in [-0.05, 0) is 31.9 Å². The zero-order valence-corrected chi connectivity index (χ0v) is 13.3. The van der Waals surface area contributed by atoms with Gasteiger partial charge in [0.05, 0.1) is 10.7 Å². The number of carboxylic acid groups (broad SMARTS) is 1. The monoisotopic (exact) mass is 289 g/mol. The van der Waals surface area contributed by atoms with Gasteiger partial charge in [0, 0.05) is 6.54 Å². The zero-order valence-electron chi connectivity index (χ0n) is 12.5. The SMILES string of the molecule is CCCCSC(C)C(=O)NCC(CC)(CC)C(=O)O. The van der Waals surface area contributed by atoms with Crippen LogP contribution in [0, 0.1) is 5.41 Å². The van der Waals surface area contributed by atoms with Crippen molar-refractivity contribution in [1.29, 1.82) is 0 Å². The summed E-state index contributed by atoms with van der Waals surface area (Å²) in [5.41, 5.74) is -0.830. The third kappa shape index (κ3) is 5.85. The summed E-state index contributed by atoms with van der Waals surface area (Å²) in [6.07, 6.45) is 3.27. The number of hydrogen-bond acceptors (Lipinski definition) is 3.